The standard InChI is InChI=1S/C15H30N2O2/c1-5-6-12(4)10-19-13-7-8-15(9-13,14(16)18)17-11(2)3/h11-13,17H,5-10H2,1-4H3,(H2,16,18). The lowest BCUT2D eigenvalue weighted by molar-refractivity contribution is -0.125. The Kier molecular flexibility index (Phi) is 6.27. The number of rotatable bonds is 8. The van der Waals surface area contributed by atoms with Crippen molar-refractivity contribution in [3.63, 3.8) is 0 Å². The maximum absolute atomic E-state index is 11.7. The third-order valence-corrected chi connectivity index (χ3v) is 3.90. The number of ether oxygens (including phenoxy) is 1. The molecule has 19 heavy (non-hydrogen) atoms. The molecule has 0 bridgehead atoms. The van der Waals surface area contributed by atoms with E-state index in [1.165, 1.54) is 12.8 Å². The van der Waals surface area contributed by atoms with Crippen LogP contribution in [0.5, 0.6) is 0 Å². The lowest BCUT2D eigenvalue weighted by Gasteiger charge is -2.29. The maximum atomic E-state index is 11.7. The first-order chi connectivity index (χ1) is 8.89. The van der Waals surface area contributed by atoms with Crippen LogP contribution in [0.1, 0.15) is 59.8 Å². The molecule has 0 aliphatic heterocycles. The molecule has 3 N–H and O–H groups in total. The topological polar surface area (TPSA) is 64.3 Å². The fourth-order valence-corrected chi connectivity index (χ4v) is 3.00. The van der Waals surface area contributed by atoms with Gasteiger partial charge in [-0.1, -0.05) is 20.3 Å². The number of carbonyl (C=O) groups is 1. The number of hydrogen-bond acceptors (Lipinski definition) is 3. The summed E-state index contributed by atoms with van der Waals surface area (Å²) in [5, 5.41) is 3.34. The summed E-state index contributed by atoms with van der Waals surface area (Å²) < 4.78 is 5.96. The minimum Gasteiger partial charge on any atom is -0.378 e. The van der Waals surface area contributed by atoms with E-state index in [4.69, 9.17) is 10.5 Å². The van der Waals surface area contributed by atoms with Crippen molar-refractivity contribution in [2.24, 2.45) is 11.7 Å². The number of hydrogen-bond donors (Lipinski definition) is 2. The summed E-state index contributed by atoms with van der Waals surface area (Å²) in [4.78, 5) is 11.7. The molecule has 0 aromatic carbocycles. The highest BCUT2D eigenvalue weighted by molar-refractivity contribution is 5.85. The average Bonchev–Trinajstić information content (AvgIpc) is 2.71. The van der Waals surface area contributed by atoms with Gasteiger partial charge in [0, 0.05) is 19.1 Å². The Bertz CT molecular complexity index is 294. The Morgan fingerprint density at radius 3 is 2.68 bits per heavy atom. The van der Waals surface area contributed by atoms with E-state index in [2.05, 4.69) is 19.2 Å². The quantitative estimate of drug-likeness (QED) is 0.711. The van der Waals surface area contributed by atoms with Gasteiger partial charge in [-0.25, -0.2) is 0 Å². The molecule has 1 aliphatic rings. The van der Waals surface area contributed by atoms with Gasteiger partial charge >= 0.3 is 0 Å². The summed E-state index contributed by atoms with van der Waals surface area (Å²) >= 11 is 0. The molecule has 0 saturated heterocycles. The van der Waals surface area contributed by atoms with Crippen molar-refractivity contribution >= 4 is 5.91 Å². The molecule has 3 unspecified atom stereocenters. The zero-order valence-electron chi connectivity index (χ0n) is 12.9. The normalized spacial score (nSPS) is 28.8. The number of carbonyl (C=O) groups excluding carboxylic acids is 1. The Morgan fingerprint density at radius 2 is 2.16 bits per heavy atom. The van der Waals surface area contributed by atoms with Gasteiger partial charge in [-0.05, 0) is 39.0 Å². The molecule has 1 saturated carbocycles. The van der Waals surface area contributed by atoms with Crippen LogP contribution in [0.4, 0.5) is 0 Å². The van der Waals surface area contributed by atoms with Crippen molar-refractivity contribution in [2.45, 2.75) is 77.5 Å². The van der Waals surface area contributed by atoms with E-state index in [1.807, 2.05) is 13.8 Å². The average molecular weight is 270 g/mol. The number of nitrogens with one attached hydrogen (secondary N) is 1. The van der Waals surface area contributed by atoms with Gasteiger partial charge < -0.3 is 15.8 Å². The van der Waals surface area contributed by atoms with Crippen molar-refractivity contribution in [2.75, 3.05) is 6.61 Å². The van der Waals surface area contributed by atoms with Crippen molar-refractivity contribution in [1.29, 1.82) is 0 Å². The molecule has 1 rings (SSSR count). The Hall–Kier alpha value is -0.610. The highest BCUT2D eigenvalue weighted by Gasteiger charge is 2.44. The first-order valence-electron chi connectivity index (χ1n) is 7.59. The molecule has 112 valence electrons. The van der Waals surface area contributed by atoms with Crippen LogP contribution in [0.25, 0.3) is 0 Å². The second-order valence-corrected chi connectivity index (χ2v) is 6.34. The predicted molar refractivity (Wildman–Crippen MR) is 77.9 cm³/mol. The van der Waals surface area contributed by atoms with Gasteiger partial charge in [-0.3, -0.25) is 4.79 Å². The largest absolute Gasteiger partial charge is 0.378 e. The van der Waals surface area contributed by atoms with Crippen LogP contribution in [-0.4, -0.2) is 30.2 Å². The molecule has 0 aromatic rings. The maximum Gasteiger partial charge on any atom is 0.237 e. The minimum absolute atomic E-state index is 0.165. The Balaban J connectivity index is 2.47. The lowest BCUT2D eigenvalue weighted by atomic mass is 9.95. The van der Waals surface area contributed by atoms with E-state index in [-0.39, 0.29) is 18.1 Å². The highest BCUT2D eigenvalue weighted by Crippen LogP contribution is 2.32. The van der Waals surface area contributed by atoms with Crippen LogP contribution in [0.15, 0.2) is 0 Å². The van der Waals surface area contributed by atoms with E-state index in [0.29, 0.717) is 12.3 Å². The molecule has 0 radical (unpaired) electrons. The van der Waals surface area contributed by atoms with Crippen molar-refractivity contribution in [3.05, 3.63) is 0 Å². The minimum atomic E-state index is -0.563. The number of amides is 1. The molecule has 1 fully saturated rings. The molecule has 0 spiro atoms. The van der Waals surface area contributed by atoms with Gasteiger partial charge in [0.15, 0.2) is 0 Å². The van der Waals surface area contributed by atoms with E-state index in [9.17, 15) is 4.79 Å². The molecule has 3 atom stereocenters. The molecular weight excluding hydrogens is 240 g/mol. The molecule has 1 amide bonds. The van der Waals surface area contributed by atoms with Gasteiger partial charge in [0.25, 0.3) is 0 Å². The molecule has 4 heteroatoms. The van der Waals surface area contributed by atoms with Crippen LogP contribution in [-0.2, 0) is 9.53 Å². The van der Waals surface area contributed by atoms with Crippen LogP contribution < -0.4 is 11.1 Å². The monoisotopic (exact) mass is 270 g/mol. The van der Waals surface area contributed by atoms with E-state index >= 15 is 0 Å². The third-order valence-electron chi connectivity index (χ3n) is 3.90. The fourth-order valence-electron chi connectivity index (χ4n) is 3.00. The van der Waals surface area contributed by atoms with Gasteiger partial charge in [0.05, 0.1) is 6.10 Å². The SMILES string of the molecule is CCCC(C)COC1CCC(NC(C)C)(C(N)=O)C1. The van der Waals surface area contributed by atoms with Crippen LogP contribution in [0, 0.1) is 5.92 Å². The highest BCUT2D eigenvalue weighted by atomic mass is 16.5. The zero-order chi connectivity index (χ0) is 14.5. The molecular formula is C15H30N2O2. The van der Waals surface area contributed by atoms with Crippen LogP contribution in [0.2, 0.25) is 0 Å². The summed E-state index contributed by atoms with van der Waals surface area (Å²) in [6.45, 7) is 9.28. The van der Waals surface area contributed by atoms with E-state index in [0.717, 1.165) is 19.4 Å². The van der Waals surface area contributed by atoms with Crippen molar-refractivity contribution < 1.29 is 9.53 Å². The van der Waals surface area contributed by atoms with Crippen LogP contribution >= 0.6 is 0 Å². The van der Waals surface area contributed by atoms with E-state index in [1.54, 1.807) is 0 Å². The lowest BCUT2D eigenvalue weighted by Crippen LogP contribution is -2.56. The van der Waals surface area contributed by atoms with Crippen LogP contribution in [0.3, 0.4) is 0 Å². The third kappa shape index (κ3) is 4.77. The van der Waals surface area contributed by atoms with E-state index < -0.39 is 5.54 Å². The zero-order valence-corrected chi connectivity index (χ0v) is 12.9. The smallest absolute Gasteiger partial charge is 0.237 e. The second kappa shape index (κ2) is 7.25. The first-order valence-corrected chi connectivity index (χ1v) is 7.59. The fraction of sp³-hybridized carbons (Fsp3) is 0.933. The number of nitrogens with two attached hydrogens (primary N) is 1. The van der Waals surface area contributed by atoms with Gasteiger partial charge in [-0.2, -0.15) is 0 Å². The van der Waals surface area contributed by atoms with Crippen molar-refractivity contribution in [3.8, 4) is 0 Å². The summed E-state index contributed by atoms with van der Waals surface area (Å²) in [6.07, 6.45) is 4.96. The Labute approximate surface area is 117 Å². The summed E-state index contributed by atoms with van der Waals surface area (Å²) in [7, 11) is 0. The summed E-state index contributed by atoms with van der Waals surface area (Å²) in [5.41, 5.74) is 5.03. The molecule has 0 aromatic heterocycles. The van der Waals surface area contributed by atoms with Gasteiger partial charge in [0.1, 0.15) is 5.54 Å². The molecule has 4 nitrogen and oxygen atoms in total. The van der Waals surface area contributed by atoms with Crippen molar-refractivity contribution in [1.82, 2.24) is 5.32 Å². The number of primary amides is 1. The second-order valence-electron chi connectivity index (χ2n) is 6.34. The van der Waals surface area contributed by atoms with Gasteiger partial charge in [-0.15, -0.1) is 0 Å². The molecule has 1 aliphatic carbocycles. The predicted octanol–water partition coefficient (Wildman–Crippen LogP) is 2.21. The summed E-state index contributed by atoms with van der Waals surface area (Å²) in [5.74, 6) is 0.348. The van der Waals surface area contributed by atoms with Gasteiger partial charge in [0.2, 0.25) is 5.91 Å². The Morgan fingerprint density at radius 1 is 1.47 bits per heavy atom. The summed E-state index contributed by atoms with van der Waals surface area (Å²) in [6, 6.07) is 0.255. The molecule has 0 heterocycles. The first kappa shape index (κ1) is 16.4.